The van der Waals surface area contributed by atoms with E-state index < -0.39 is 0 Å². The van der Waals surface area contributed by atoms with Gasteiger partial charge in [-0.15, -0.1) is 0 Å². The van der Waals surface area contributed by atoms with Crippen LogP contribution in [0.2, 0.25) is 0 Å². The topological polar surface area (TPSA) is 0 Å². The van der Waals surface area contributed by atoms with Gasteiger partial charge in [-0.3, -0.25) is 0 Å². The Morgan fingerprint density at radius 3 is 1.48 bits per heavy atom. The molecule has 0 spiro atoms. The first-order valence-electron chi connectivity index (χ1n) is 9.57. The monoisotopic (exact) mass is 292 g/mol. The molecular formula is C21H40. The van der Waals surface area contributed by atoms with Crippen LogP contribution in [0.15, 0.2) is 11.6 Å². The van der Waals surface area contributed by atoms with Crippen LogP contribution in [0.3, 0.4) is 0 Å². The van der Waals surface area contributed by atoms with Gasteiger partial charge in [-0.05, 0) is 42.4 Å². The third kappa shape index (κ3) is 5.15. The van der Waals surface area contributed by atoms with Gasteiger partial charge in [0.1, 0.15) is 0 Å². The number of hydrogen-bond donors (Lipinski definition) is 0. The highest BCUT2D eigenvalue weighted by Crippen LogP contribution is 2.69. The van der Waals surface area contributed by atoms with Gasteiger partial charge in [0, 0.05) is 0 Å². The molecule has 0 heterocycles. The molecule has 0 aromatic heterocycles. The number of allylic oxidation sites excluding steroid dienone is 2. The minimum absolute atomic E-state index is 0.505. The summed E-state index contributed by atoms with van der Waals surface area (Å²) in [6, 6.07) is 0. The molecule has 0 nitrogen and oxygen atoms in total. The molecule has 0 aliphatic heterocycles. The molecule has 1 aliphatic carbocycles. The van der Waals surface area contributed by atoms with Gasteiger partial charge in [-0.2, -0.15) is 0 Å². The second-order valence-electron chi connectivity index (χ2n) is 8.37. The summed E-state index contributed by atoms with van der Waals surface area (Å²) in [5, 5.41) is 0. The molecule has 0 radical (unpaired) electrons. The van der Waals surface area contributed by atoms with Gasteiger partial charge >= 0.3 is 0 Å². The van der Waals surface area contributed by atoms with Crippen LogP contribution in [-0.4, -0.2) is 0 Å². The molecule has 1 saturated carbocycles. The van der Waals surface area contributed by atoms with Gasteiger partial charge in [-0.25, -0.2) is 0 Å². The molecule has 0 atom stereocenters. The van der Waals surface area contributed by atoms with Crippen LogP contribution in [0.4, 0.5) is 0 Å². The number of unbranched alkanes of at least 4 members (excludes halogenated alkanes) is 6. The van der Waals surface area contributed by atoms with Crippen molar-refractivity contribution in [3.8, 4) is 0 Å². The Bertz CT molecular complexity index is 291. The first-order chi connectivity index (χ1) is 9.87. The summed E-state index contributed by atoms with van der Waals surface area (Å²) in [7, 11) is 0. The molecule has 1 fully saturated rings. The van der Waals surface area contributed by atoms with Gasteiger partial charge in [0.25, 0.3) is 0 Å². The van der Waals surface area contributed by atoms with Crippen molar-refractivity contribution in [1.82, 2.24) is 0 Å². The average Bonchev–Trinajstić information content (AvgIpc) is 2.81. The zero-order valence-electron chi connectivity index (χ0n) is 15.7. The van der Waals surface area contributed by atoms with Gasteiger partial charge in [0.05, 0.1) is 0 Å². The van der Waals surface area contributed by atoms with Gasteiger partial charge < -0.3 is 0 Å². The van der Waals surface area contributed by atoms with Crippen molar-refractivity contribution >= 4 is 0 Å². The normalized spacial score (nSPS) is 19.5. The predicted octanol–water partition coefficient (Wildman–Crippen LogP) is 7.54. The molecule has 0 saturated heterocycles. The maximum absolute atomic E-state index is 2.68. The molecule has 1 aliphatic rings. The Kier molecular flexibility index (Phi) is 7.51. The lowest BCUT2D eigenvalue weighted by molar-refractivity contribution is 0.457. The molecule has 0 N–H and O–H groups in total. The Morgan fingerprint density at radius 1 is 0.714 bits per heavy atom. The average molecular weight is 293 g/mol. The van der Waals surface area contributed by atoms with Crippen molar-refractivity contribution < 1.29 is 0 Å². The van der Waals surface area contributed by atoms with Crippen molar-refractivity contribution in [3.05, 3.63) is 11.6 Å². The Morgan fingerprint density at radius 2 is 1.14 bits per heavy atom. The fraction of sp³-hybridized carbons (Fsp3) is 0.905. The quantitative estimate of drug-likeness (QED) is 0.272. The van der Waals surface area contributed by atoms with Gasteiger partial charge in [0.15, 0.2) is 0 Å². The summed E-state index contributed by atoms with van der Waals surface area (Å²) in [4.78, 5) is 0. The van der Waals surface area contributed by atoms with Crippen molar-refractivity contribution in [3.63, 3.8) is 0 Å². The molecule has 0 bridgehead atoms. The van der Waals surface area contributed by atoms with Crippen molar-refractivity contribution in [2.75, 3.05) is 0 Å². The maximum Gasteiger partial charge on any atom is -0.0117 e. The Labute approximate surface area is 134 Å². The summed E-state index contributed by atoms with van der Waals surface area (Å²) in [5.74, 6) is 0.803. The zero-order valence-corrected chi connectivity index (χ0v) is 15.7. The molecule has 21 heavy (non-hydrogen) atoms. The summed E-state index contributed by atoms with van der Waals surface area (Å²) in [6.07, 6.45) is 16.5. The molecule has 1 rings (SSSR count). The third-order valence-electron chi connectivity index (χ3n) is 6.24. The molecular weight excluding hydrogens is 252 g/mol. The van der Waals surface area contributed by atoms with E-state index in [9.17, 15) is 0 Å². The molecule has 0 aromatic rings. The largest absolute Gasteiger partial charge is 0.0811 e. The van der Waals surface area contributed by atoms with E-state index in [4.69, 9.17) is 0 Å². The van der Waals surface area contributed by atoms with Crippen LogP contribution < -0.4 is 0 Å². The van der Waals surface area contributed by atoms with E-state index in [-0.39, 0.29) is 0 Å². The van der Waals surface area contributed by atoms with E-state index in [2.05, 4.69) is 47.6 Å². The van der Waals surface area contributed by atoms with E-state index in [0.717, 1.165) is 5.92 Å². The minimum atomic E-state index is 0.505. The van der Waals surface area contributed by atoms with E-state index in [1.165, 1.54) is 64.2 Å². The lowest BCUT2D eigenvalue weighted by Crippen LogP contribution is -1.95. The summed E-state index contributed by atoms with van der Waals surface area (Å²) in [5.41, 5.74) is 2.78. The molecule has 0 heteroatoms. The molecule has 0 aromatic carbocycles. The predicted molar refractivity (Wildman–Crippen MR) is 96.7 cm³/mol. The van der Waals surface area contributed by atoms with E-state index in [0.29, 0.717) is 10.8 Å². The highest BCUT2D eigenvalue weighted by molar-refractivity contribution is 5.23. The van der Waals surface area contributed by atoms with Crippen LogP contribution in [0.1, 0.15) is 106 Å². The maximum atomic E-state index is 2.68. The Balaban J connectivity index is 2.51. The van der Waals surface area contributed by atoms with Crippen LogP contribution in [-0.2, 0) is 0 Å². The molecule has 0 unspecified atom stereocenters. The van der Waals surface area contributed by atoms with Gasteiger partial charge in [0.2, 0.25) is 0 Å². The third-order valence-corrected chi connectivity index (χ3v) is 6.24. The van der Waals surface area contributed by atoms with E-state index >= 15 is 0 Å². The van der Waals surface area contributed by atoms with Gasteiger partial charge in [-0.1, -0.05) is 91.7 Å². The van der Waals surface area contributed by atoms with Crippen molar-refractivity contribution in [2.24, 2.45) is 16.7 Å². The van der Waals surface area contributed by atoms with Crippen molar-refractivity contribution in [2.45, 2.75) is 106 Å². The fourth-order valence-electron chi connectivity index (χ4n) is 3.75. The SMILES string of the molecule is CCCCCCC(=CC1C(C)(C)C1(C)C)CCCCCC. The second-order valence-corrected chi connectivity index (χ2v) is 8.37. The van der Waals surface area contributed by atoms with E-state index in [1.807, 2.05) is 0 Å². The first kappa shape index (κ1) is 18.8. The fourth-order valence-corrected chi connectivity index (χ4v) is 3.75. The first-order valence-corrected chi connectivity index (χ1v) is 9.57. The lowest BCUT2D eigenvalue weighted by Gasteiger charge is -2.09. The number of rotatable bonds is 11. The lowest BCUT2D eigenvalue weighted by atomic mass is 9.97. The standard InChI is InChI=1S/C21H40/c1-7-9-11-13-15-18(16-14-12-10-8-2)17-19-20(3,4)21(19,5)6/h17,19H,7-16H2,1-6H3. The number of hydrogen-bond acceptors (Lipinski definition) is 0. The summed E-state index contributed by atoms with van der Waals surface area (Å²) in [6.45, 7) is 14.4. The summed E-state index contributed by atoms with van der Waals surface area (Å²) >= 11 is 0. The Hall–Kier alpha value is -0.260. The molecule has 124 valence electrons. The van der Waals surface area contributed by atoms with E-state index in [1.54, 1.807) is 5.57 Å². The highest BCUT2D eigenvalue weighted by Gasteiger charge is 2.63. The van der Waals surface area contributed by atoms with Crippen molar-refractivity contribution in [1.29, 1.82) is 0 Å². The second kappa shape index (κ2) is 8.39. The zero-order chi connectivity index (χ0) is 15.9. The molecule has 0 amide bonds. The minimum Gasteiger partial charge on any atom is -0.0811 e. The van der Waals surface area contributed by atoms with Crippen LogP contribution in [0.25, 0.3) is 0 Å². The van der Waals surface area contributed by atoms with Crippen LogP contribution in [0, 0.1) is 16.7 Å². The van der Waals surface area contributed by atoms with Crippen LogP contribution in [0.5, 0.6) is 0 Å². The summed E-state index contributed by atoms with van der Waals surface area (Å²) < 4.78 is 0. The highest BCUT2D eigenvalue weighted by atomic mass is 14.7. The smallest absolute Gasteiger partial charge is 0.0117 e. The van der Waals surface area contributed by atoms with Crippen LogP contribution >= 0.6 is 0 Å².